The van der Waals surface area contributed by atoms with Crippen molar-refractivity contribution in [2.45, 2.75) is 9.79 Å². The van der Waals surface area contributed by atoms with Gasteiger partial charge in [0.15, 0.2) is 5.84 Å². The van der Waals surface area contributed by atoms with Gasteiger partial charge in [-0.25, -0.2) is 4.99 Å². The minimum absolute atomic E-state index is 0.248. The molecule has 1 aliphatic heterocycles. The van der Waals surface area contributed by atoms with E-state index in [1.165, 1.54) is 4.90 Å². The minimum Gasteiger partial charge on any atom is -0.383 e. The first-order valence-electron chi connectivity index (χ1n) is 5.54. The second kappa shape index (κ2) is 4.31. The van der Waals surface area contributed by atoms with Crippen LogP contribution in [0.3, 0.4) is 0 Å². The van der Waals surface area contributed by atoms with Gasteiger partial charge in [-0.05, 0) is 30.3 Å². The van der Waals surface area contributed by atoms with Gasteiger partial charge in [-0.2, -0.15) is 0 Å². The normalized spacial score (nSPS) is 13.3. The van der Waals surface area contributed by atoms with Crippen LogP contribution in [-0.4, -0.2) is 11.7 Å². The molecule has 0 unspecified atom stereocenters. The van der Waals surface area contributed by atoms with Gasteiger partial charge in [-0.1, -0.05) is 30.0 Å². The van der Waals surface area contributed by atoms with Crippen LogP contribution in [0.1, 0.15) is 11.1 Å². The number of rotatable bonds is 2. The number of amidine groups is 2. The van der Waals surface area contributed by atoms with Crippen molar-refractivity contribution in [1.29, 1.82) is 5.41 Å². The topological polar surface area (TPSA) is 62.2 Å². The minimum atomic E-state index is 0.248. The third-order valence-electron chi connectivity index (χ3n) is 2.73. The summed E-state index contributed by atoms with van der Waals surface area (Å²) < 4.78 is 0. The zero-order valence-electron chi connectivity index (χ0n) is 9.55. The van der Waals surface area contributed by atoms with E-state index in [4.69, 9.17) is 11.1 Å². The van der Waals surface area contributed by atoms with E-state index in [2.05, 4.69) is 17.1 Å². The van der Waals surface area contributed by atoms with Crippen molar-refractivity contribution in [3.63, 3.8) is 0 Å². The van der Waals surface area contributed by atoms with Gasteiger partial charge < -0.3 is 5.73 Å². The van der Waals surface area contributed by atoms with Crippen molar-refractivity contribution in [1.82, 2.24) is 0 Å². The molecule has 3 nitrogen and oxygen atoms in total. The molecule has 0 atom stereocenters. The zero-order valence-corrected chi connectivity index (χ0v) is 10.4. The Bertz CT molecular complexity index is 647. The Kier molecular flexibility index (Phi) is 2.64. The summed E-state index contributed by atoms with van der Waals surface area (Å²) in [4.78, 5) is 6.24. The van der Waals surface area contributed by atoms with Crippen LogP contribution in [0.25, 0.3) is 0 Å². The second-order valence-electron chi connectivity index (χ2n) is 3.97. The van der Waals surface area contributed by atoms with Crippen molar-refractivity contribution < 1.29 is 0 Å². The quantitative estimate of drug-likeness (QED) is 0.864. The highest BCUT2D eigenvalue weighted by molar-refractivity contribution is 7.99. The number of hydrogen-bond acceptors (Lipinski definition) is 3. The molecule has 2 aromatic carbocycles. The number of hydrogen-bond donors (Lipinski definition) is 2. The molecule has 18 heavy (non-hydrogen) atoms. The van der Waals surface area contributed by atoms with Crippen molar-refractivity contribution in [2.75, 3.05) is 0 Å². The third-order valence-corrected chi connectivity index (χ3v) is 3.73. The van der Waals surface area contributed by atoms with Gasteiger partial charge in [0.25, 0.3) is 0 Å². The number of aliphatic imine (C=N–C) groups is 1. The summed E-state index contributed by atoms with van der Waals surface area (Å²) in [5, 5.41) is 7.76. The lowest BCUT2D eigenvalue weighted by Crippen LogP contribution is -2.10. The van der Waals surface area contributed by atoms with Gasteiger partial charge in [-0.15, -0.1) is 0 Å². The summed E-state index contributed by atoms with van der Waals surface area (Å²) in [6.45, 7) is 0. The number of nitrogens with two attached hydrogens (primary N) is 1. The Morgan fingerprint density at radius 1 is 0.944 bits per heavy atom. The number of nitrogens with zero attached hydrogens (tertiary/aromatic N) is 1. The van der Waals surface area contributed by atoms with Crippen LogP contribution in [0.15, 0.2) is 63.3 Å². The fraction of sp³-hybridized carbons (Fsp3) is 0. The second-order valence-corrected chi connectivity index (χ2v) is 5.12. The molecule has 0 spiro atoms. The maximum atomic E-state index is 7.76. The molecule has 1 aliphatic rings. The van der Waals surface area contributed by atoms with Gasteiger partial charge in [-0.3, -0.25) is 5.41 Å². The van der Waals surface area contributed by atoms with Gasteiger partial charge in [0.2, 0.25) is 0 Å². The Morgan fingerprint density at radius 3 is 2.50 bits per heavy atom. The number of nitrogens with one attached hydrogen (secondary N) is 1. The summed E-state index contributed by atoms with van der Waals surface area (Å²) in [6.07, 6.45) is 0. The summed E-state index contributed by atoms with van der Waals surface area (Å²) in [6, 6.07) is 16.1. The highest BCUT2D eigenvalue weighted by atomic mass is 32.2. The molecule has 0 aromatic heterocycles. The fourth-order valence-electron chi connectivity index (χ4n) is 1.87. The van der Waals surface area contributed by atoms with E-state index in [1.54, 1.807) is 11.8 Å². The first kappa shape index (κ1) is 11.0. The lowest BCUT2D eigenvalue weighted by molar-refractivity contribution is 1.38. The van der Waals surface area contributed by atoms with Crippen LogP contribution in [0.4, 0.5) is 0 Å². The zero-order chi connectivity index (χ0) is 12.5. The predicted octanol–water partition coefficient (Wildman–Crippen LogP) is 2.88. The molecule has 0 bridgehead atoms. The van der Waals surface area contributed by atoms with Gasteiger partial charge >= 0.3 is 0 Å². The van der Waals surface area contributed by atoms with E-state index in [0.717, 1.165) is 16.0 Å². The smallest absolute Gasteiger partial charge is 0.154 e. The average molecular weight is 253 g/mol. The van der Waals surface area contributed by atoms with Crippen molar-refractivity contribution >= 4 is 23.4 Å². The van der Waals surface area contributed by atoms with Crippen LogP contribution in [0.5, 0.6) is 0 Å². The Balaban J connectivity index is 1.93. The molecule has 0 saturated heterocycles. The molecule has 4 heteroatoms. The van der Waals surface area contributed by atoms with E-state index >= 15 is 0 Å². The van der Waals surface area contributed by atoms with Crippen LogP contribution >= 0.6 is 11.8 Å². The van der Waals surface area contributed by atoms with Crippen molar-refractivity contribution in [3.05, 3.63) is 59.7 Å². The van der Waals surface area contributed by atoms with Crippen LogP contribution in [-0.2, 0) is 0 Å². The fourth-order valence-corrected chi connectivity index (χ4v) is 2.75. The van der Waals surface area contributed by atoms with Crippen molar-refractivity contribution in [2.24, 2.45) is 10.7 Å². The van der Waals surface area contributed by atoms with E-state index < -0.39 is 0 Å². The first-order chi connectivity index (χ1) is 8.74. The lowest BCUT2D eigenvalue weighted by Gasteiger charge is -2.04. The third kappa shape index (κ3) is 1.91. The highest BCUT2D eigenvalue weighted by Crippen LogP contribution is 2.30. The summed E-state index contributed by atoms with van der Waals surface area (Å²) in [7, 11) is 0. The van der Waals surface area contributed by atoms with Crippen molar-refractivity contribution in [3.8, 4) is 0 Å². The SMILES string of the molecule is N=C1N=C(N)c2ccc(Sc3ccccc3)cc21. The molecule has 0 radical (unpaired) electrons. The summed E-state index contributed by atoms with van der Waals surface area (Å²) in [5.41, 5.74) is 7.41. The predicted molar refractivity (Wildman–Crippen MR) is 74.6 cm³/mol. The molecule has 3 N–H and O–H groups in total. The first-order valence-corrected chi connectivity index (χ1v) is 6.36. The van der Waals surface area contributed by atoms with Crippen LogP contribution < -0.4 is 5.73 Å². The molecule has 2 aromatic rings. The van der Waals surface area contributed by atoms with Gasteiger partial charge in [0.05, 0.1) is 0 Å². The summed E-state index contributed by atoms with van der Waals surface area (Å²) in [5.74, 6) is 0.685. The molecule has 1 heterocycles. The molecular formula is C14H11N3S. The van der Waals surface area contributed by atoms with Crippen LogP contribution in [0, 0.1) is 5.41 Å². The Hall–Kier alpha value is -2.07. The standard InChI is InChI=1S/C14H11N3S/c15-13-11-7-6-10(8-12(11)14(16)17-13)18-9-4-2-1-3-5-9/h1-8H,(H3,15,16,17). The lowest BCUT2D eigenvalue weighted by atomic mass is 10.1. The maximum absolute atomic E-state index is 7.76. The molecule has 3 rings (SSSR count). The monoisotopic (exact) mass is 253 g/mol. The summed E-state index contributed by atoms with van der Waals surface area (Å²) >= 11 is 1.67. The van der Waals surface area contributed by atoms with E-state index in [0.29, 0.717) is 5.84 Å². The largest absolute Gasteiger partial charge is 0.383 e. The van der Waals surface area contributed by atoms with E-state index in [9.17, 15) is 0 Å². The molecule has 0 aliphatic carbocycles. The molecule has 0 saturated carbocycles. The Labute approximate surface area is 109 Å². The van der Waals surface area contributed by atoms with E-state index in [1.807, 2.05) is 36.4 Å². The van der Waals surface area contributed by atoms with E-state index in [-0.39, 0.29) is 5.84 Å². The number of benzene rings is 2. The Morgan fingerprint density at radius 2 is 1.72 bits per heavy atom. The van der Waals surface area contributed by atoms with Gasteiger partial charge in [0, 0.05) is 20.9 Å². The van der Waals surface area contributed by atoms with Crippen LogP contribution in [0.2, 0.25) is 0 Å². The maximum Gasteiger partial charge on any atom is 0.154 e. The average Bonchev–Trinajstić information content (AvgIpc) is 2.66. The molecular weight excluding hydrogens is 242 g/mol. The number of fused-ring (bicyclic) bond motifs is 1. The molecule has 0 fully saturated rings. The highest BCUT2D eigenvalue weighted by Gasteiger charge is 2.18. The molecule has 0 amide bonds. The molecule has 88 valence electrons. The van der Waals surface area contributed by atoms with Gasteiger partial charge in [0.1, 0.15) is 5.84 Å².